The van der Waals surface area contributed by atoms with E-state index in [9.17, 15) is 4.79 Å². The SMILES string of the molecule is COCCCN1C(=O)/C(=C/c2ccc3c(c2)[C@H](C)CC(C)(C)N3C(C)C)SC1=Nc1ccccc1. The molecule has 1 fully saturated rings. The molecule has 0 aliphatic carbocycles. The lowest BCUT2D eigenvalue weighted by Crippen LogP contribution is -2.51. The third kappa shape index (κ3) is 5.49. The molecule has 0 unspecified atom stereocenters. The van der Waals surface area contributed by atoms with E-state index in [1.807, 2.05) is 36.4 Å². The Morgan fingerprint density at radius 2 is 1.94 bits per heavy atom. The fourth-order valence-corrected chi connectivity index (χ4v) is 6.48. The van der Waals surface area contributed by atoms with Gasteiger partial charge in [-0.05, 0) is 99.7 Å². The maximum Gasteiger partial charge on any atom is 0.266 e. The molecule has 5 nitrogen and oxygen atoms in total. The van der Waals surface area contributed by atoms with E-state index in [0.717, 1.165) is 29.3 Å². The molecule has 1 atom stereocenters. The van der Waals surface area contributed by atoms with Gasteiger partial charge in [-0.25, -0.2) is 4.99 Å². The molecule has 2 aliphatic rings. The maximum absolute atomic E-state index is 13.4. The van der Waals surface area contributed by atoms with Gasteiger partial charge in [0.2, 0.25) is 0 Å². The molecule has 0 bridgehead atoms. The van der Waals surface area contributed by atoms with Crippen LogP contribution in [-0.4, -0.2) is 47.8 Å². The molecule has 0 spiro atoms. The van der Waals surface area contributed by atoms with Crippen molar-refractivity contribution in [3.05, 3.63) is 64.6 Å². The number of hydrogen-bond donors (Lipinski definition) is 0. The van der Waals surface area contributed by atoms with Crippen molar-refractivity contribution in [2.75, 3.05) is 25.2 Å². The molecule has 1 amide bonds. The van der Waals surface area contributed by atoms with Gasteiger partial charge in [0.15, 0.2) is 5.17 Å². The van der Waals surface area contributed by atoms with Crippen LogP contribution in [0.25, 0.3) is 6.08 Å². The first-order valence-corrected chi connectivity index (χ1v) is 13.3. The summed E-state index contributed by atoms with van der Waals surface area (Å²) in [5.41, 5.74) is 4.69. The number of aliphatic imine (C=N–C) groups is 1. The van der Waals surface area contributed by atoms with Crippen LogP contribution in [0.2, 0.25) is 0 Å². The molecule has 2 heterocycles. The van der Waals surface area contributed by atoms with Crippen molar-refractivity contribution >= 4 is 40.3 Å². The van der Waals surface area contributed by atoms with Gasteiger partial charge in [-0.2, -0.15) is 0 Å². The Morgan fingerprint density at radius 3 is 2.63 bits per heavy atom. The van der Waals surface area contributed by atoms with E-state index in [1.165, 1.54) is 23.0 Å². The fraction of sp³-hybridized carbons (Fsp3) is 0.448. The number of para-hydroxylation sites is 1. The van der Waals surface area contributed by atoms with Crippen LogP contribution in [0, 0.1) is 0 Å². The molecular weight excluding hydrogens is 454 g/mol. The van der Waals surface area contributed by atoms with Crippen molar-refractivity contribution in [2.24, 2.45) is 4.99 Å². The highest BCUT2D eigenvalue weighted by Gasteiger charge is 2.38. The number of fused-ring (bicyclic) bond motifs is 1. The van der Waals surface area contributed by atoms with Gasteiger partial charge in [-0.1, -0.05) is 31.2 Å². The largest absolute Gasteiger partial charge is 0.385 e. The summed E-state index contributed by atoms with van der Waals surface area (Å²) in [5.74, 6) is 0.470. The van der Waals surface area contributed by atoms with Gasteiger partial charge >= 0.3 is 0 Å². The monoisotopic (exact) mass is 491 g/mol. The van der Waals surface area contributed by atoms with E-state index < -0.39 is 0 Å². The zero-order valence-electron chi connectivity index (χ0n) is 21.7. The van der Waals surface area contributed by atoms with E-state index in [4.69, 9.17) is 9.73 Å². The van der Waals surface area contributed by atoms with Crippen molar-refractivity contribution in [1.29, 1.82) is 0 Å². The lowest BCUT2D eigenvalue weighted by molar-refractivity contribution is -0.122. The summed E-state index contributed by atoms with van der Waals surface area (Å²) < 4.78 is 5.21. The molecule has 35 heavy (non-hydrogen) atoms. The smallest absolute Gasteiger partial charge is 0.266 e. The Bertz CT molecular complexity index is 1120. The highest BCUT2D eigenvalue weighted by Crippen LogP contribution is 2.45. The minimum absolute atomic E-state index is 0.0106. The van der Waals surface area contributed by atoms with Crippen molar-refractivity contribution in [2.45, 2.75) is 65.0 Å². The van der Waals surface area contributed by atoms with Crippen LogP contribution in [-0.2, 0) is 9.53 Å². The number of ether oxygens (including phenoxy) is 1. The fourth-order valence-electron chi connectivity index (χ4n) is 5.46. The molecule has 0 aromatic heterocycles. The Labute approximate surface area is 214 Å². The van der Waals surface area contributed by atoms with E-state index in [-0.39, 0.29) is 11.4 Å². The van der Waals surface area contributed by atoms with Crippen molar-refractivity contribution < 1.29 is 9.53 Å². The quantitative estimate of drug-likeness (QED) is 0.315. The number of thioether (sulfide) groups is 1. The molecule has 1 saturated heterocycles. The molecule has 0 radical (unpaired) electrons. The van der Waals surface area contributed by atoms with Crippen LogP contribution < -0.4 is 4.90 Å². The van der Waals surface area contributed by atoms with E-state index >= 15 is 0 Å². The second-order valence-electron chi connectivity index (χ2n) is 10.3. The van der Waals surface area contributed by atoms with Gasteiger partial charge in [0.25, 0.3) is 5.91 Å². The number of amides is 1. The topological polar surface area (TPSA) is 45.1 Å². The summed E-state index contributed by atoms with van der Waals surface area (Å²) in [4.78, 5) is 23.2. The second-order valence-corrected chi connectivity index (χ2v) is 11.4. The number of nitrogens with zero attached hydrogens (tertiary/aromatic N) is 3. The molecule has 2 aliphatic heterocycles. The number of methoxy groups -OCH3 is 1. The Kier molecular flexibility index (Phi) is 7.72. The van der Waals surface area contributed by atoms with Crippen molar-refractivity contribution in [1.82, 2.24) is 4.90 Å². The van der Waals surface area contributed by atoms with Crippen molar-refractivity contribution in [3.8, 4) is 0 Å². The number of hydrogen-bond acceptors (Lipinski definition) is 5. The lowest BCUT2D eigenvalue weighted by atomic mass is 9.79. The summed E-state index contributed by atoms with van der Waals surface area (Å²) in [6.45, 7) is 12.7. The average molecular weight is 492 g/mol. The van der Waals surface area contributed by atoms with Crippen LogP contribution in [0.1, 0.15) is 64.5 Å². The normalized spacial score (nSPS) is 21.9. The van der Waals surface area contributed by atoms with E-state index in [0.29, 0.717) is 30.0 Å². The molecule has 2 aromatic rings. The van der Waals surface area contributed by atoms with Gasteiger partial charge in [-0.3, -0.25) is 9.69 Å². The molecule has 2 aromatic carbocycles. The molecule has 0 saturated carbocycles. The molecule has 186 valence electrons. The number of carbonyl (C=O) groups is 1. The van der Waals surface area contributed by atoms with Gasteiger partial charge in [0.05, 0.1) is 10.6 Å². The van der Waals surface area contributed by atoms with Crippen molar-refractivity contribution in [3.63, 3.8) is 0 Å². The van der Waals surface area contributed by atoms with E-state index in [1.54, 1.807) is 12.0 Å². The first-order chi connectivity index (χ1) is 16.7. The Hall–Kier alpha value is -2.57. The molecule has 4 rings (SSSR count). The first-order valence-electron chi connectivity index (χ1n) is 12.5. The number of rotatable bonds is 7. The summed E-state index contributed by atoms with van der Waals surface area (Å²) in [6, 6.07) is 16.9. The van der Waals surface area contributed by atoms with Gasteiger partial charge in [0, 0.05) is 37.5 Å². The van der Waals surface area contributed by atoms with Crippen LogP contribution in [0.5, 0.6) is 0 Å². The highest BCUT2D eigenvalue weighted by atomic mass is 32.2. The molecule has 6 heteroatoms. The minimum Gasteiger partial charge on any atom is -0.385 e. The summed E-state index contributed by atoms with van der Waals surface area (Å²) in [6.07, 6.45) is 3.89. The maximum atomic E-state index is 13.4. The summed E-state index contributed by atoms with van der Waals surface area (Å²) in [7, 11) is 1.68. The van der Waals surface area contributed by atoms with Gasteiger partial charge < -0.3 is 9.64 Å². The Balaban J connectivity index is 1.67. The average Bonchev–Trinajstić information content (AvgIpc) is 3.08. The third-order valence-electron chi connectivity index (χ3n) is 6.71. The van der Waals surface area contributed by atoms with Crippen LogP contribution in [0.3, 0.4) is 0 Å². The zero-order valence-corrected chi connectivity index (χ0v) is 22.6. The predicted octanol–water partition coefficient (Wildman–Crippen LogP) is 6.83. The molecule has 0 N–H and O–H groups in total. The Morgan fingerprint density at radius 1 is 1.20 bits per heavy atom. The second kappa shape index (κ2) is 10.6. The van der Waals surface area contributed by atoms with Crippen LogP contribution in [0.4, 0.5) is 11.4 Å². The third-order valence-corrected chi connectivity index (χ3v) is 7.72. The van der Waals surface area contributed by atoms with Crippen LogP contribution >= 0.6 is 11.8 Å². The number of anilines is 1. The highest BCUT2D eigenvalue weighted by molar-refractivity contribution is 8.18. The number of amidine groups is 1. The number of carbonyl (C=O) groups excluding carboxylic acids is 1. The first kappa shape index (κ1) is 25.5. The lowest BCUT2D eigenvalue weighted by Gasteiger charge is -2.50. The minimum atomic E-state index is 0.0106. The van der Waals surface area contributed by atoms with Crippen LogP contribution in [0.15, 0.2) is 58.4 Å². The van der Waals surface area contributed by atoms with E-state index in [2.05, 4.69) is 57.7 Å². The predicted molar refractivity (Wildman–Crippen MR) is 148 cm³/mol. The summed E-state index contributed by atoms with van der Waals surface area (Å²) >= 11 is 1.45. The summed E-state index contributed by atoms with van der Waals surface area (Å²) in [5, 5.41) is 0.725. The molecular formula is C29H37N3O2S. The van der Waals surface area contributed by atoms with Gasteiger partial charge in [0.1, 0.15) is 0 Å². The number of benzene rings is 2. The standard InChI is InChI=1S/C29H37N3O2S/c1-20(2)32-25-14-13-22(17-24(25)21(3)19-29(32,4)5)18-26-27(33)31(15-10-16-34-6)28(35-26)30-23-11-8-7-9-12-23/h7-9,11-14,17-18,20-21H,10,15-16,19H2,1-6H3/b26-18-,30-28?/t21-/m1/s1. The van der Waals surface area contributed by atoms with Gasteiger partial charge in [-0.15, -0.1) is 0 Å². The zero-order chi connectivity index (χ0) is 25.2.